The number of hydrogen-bond acceptors (Lipinski definition) is 2. The maximum absolute atomic E-state index is 10.4. The highest BCUT2D eigenvalue weighted by atomic mass is 35.5. The van der Waals surface area contributed by atoms with E-state index in [1.165, 1.54) is 0 Å². The van der Waals surface area contributed by atoms with Crippen molar-refractivity contribution in [2.75, 3.05) is 0 Å². The van der Waals surface area contributed by atoms with Crippen molar-refractivity contribution >= 4 is 40.8 Å². The van der Waals surface area contributed by atoms with Crippen molar-refractivity contribution in [1.82, 2.24) is 0 Å². The van der Waals surface area contributed by atoms with Crippen molar-refractivity contribution in [1.29, 1.82) is 0 Å². The first kappa shape index (κ1) is 15.6. The van der Waals surface area contributed by atoms with Crippen LogP contribution in [0.3, 0.4) is 0 Å². The Labute approximate surface area is 121 Å². The van der Waals surface area contributed by atoms with Gasteiger partial charge < -0.3 is 10.8 Å². The van der Waals surface area contributed by atoms with Gasteiger partial charge in [0, 0.05) is 33.1 Å². The molecule has 3 nitrogen and oxygen atoms in total. The van der Waals surface area contributed by atoms with Gasteiger partial charge in [0.15, 0.2) is 0 Å². The number of aliphatic carboxylic acids is 1. The lowest BCUT2D eigenvalue weighted by atomic mass is 10.0. The van der Waals surface area contributed by atoms with Crippen LogP contribution in [0, 0.1) is 0 Å². The molecule has 1 atom stereocenters. The number of nitrogens with two attached hydrogens (primary N) is 1. The molecule has 0 spiro atoms. The molecular formula is C12H14Cl3NO2. The molecular weight excluding hydrogens is 296 g/mol. The molecule has 1 rings (SSSR count). The van der Waals surface area contributed by atoms with E-state index in [1.54, 1.807) is 12.1 Å². The van der Waals surface area contributed by atoms with Crippen LogP contribution in [0.2, 0.25) is 15.1 Å². The quantitative estimate of drug-likeness (QED) is 0.770. The third-order valence-corrected chi connectivity index (χ3v) is 3.41. The molecule has 0 aromatic heterocycles. The van der Waals surface area contributed by atoms with Gasteiger partial charge in [-0.2, -0.15) is 0 Å². The molecule has 0 aliphatic rings. The molecule has 0 fully saturated rings. The molecule has 0 heterocycles. The molecule has 1 aromatic carbocycles. The number of rotatable bonds is 6. The maximum Gasteiger partial charge on any atom is 0.303 e. The minimum absolute atomic E-state index is 0.148. The van der Waals surface area contributed by atoms with Gasteiger partial charge in [-0.05, 0) is 25.0 Å². The Hall–Kier alpha value is -0.480. The lowest BCUT2D eigenvalue weighted by molar-refractivity contribution is -0.137. The summed E-state index contributed by atoms with van der Waals surface area (Å²) in [6.07, 6.45) is 2.08. The summed E-state index contributed by atoms with van der Waals surface area (Å²) in [5.74, 6) is -0.800. The molecule has 18 heavy (non-hydrogen) atoms. The molecule has 0 amide bonds. The molecule has 6 heteroatoms. The van der Waals surface area contributed by atoms with Gasteiger partial charge in [0.25, 0.3) is 0 Å². The van der Waals surface area contributed by atoms with Crippen LogP contribution >= 0.6 is 34.8 Å². The Morgan fingerprint density at radius 3 is 2.28 bits per heavy atom. The van der Waals surface area contributed by atoms with Crippen LogP contribution in [0.25, 0.3) is 0 Å². The highest BCUT2D eigenvalue weighted by molar-refractivity contribution is 6.39. The minimum Gasteiger partial charge on any atom is -0.481 e. The van der Waals surface area contributed by atoms with E-state index in [4.69, 9.17) is 45.6 Å². The van der Waals surface area contributed by atoms with Gasteiger partial charge in [-0.25, -0.2) is 0 Å². The first-order chi connectivity index (χ1) is 8.41. The van der Waals surface area contributed by atoms with E-state index in [-0.39, 0.29) is 12.5 Å². The monoisotopic (exact) mass is 309 g/mol. The number of carboxylic acid groups (broad SMARTS) is 1. The minimum atomic E-state index is -0.800. The molecule has 0 saturated carbocycles. The van der Waals surface area contributed by atoms with E-state index in [0.717, 1.165) is 0 Å². The van der Waals surface area contributed by atoms with E-state index < -0.39 is 5.97 Å². The summed E-state index contributed by atoms with van der Waals surface area (Å²) in [5.41, 5.74) is 6.67. The Morgan fingerprint density at radius 2 is 1.78 bits per heavy atom. The summed E-state index contributed by atoms with van der Waals surface area (Å²) in [4.78, 5) is 10.4. The van der Waals surface area contributed by atoms with Crippen molar-refractivity contribution in [3.05, 3.63) is 32.8 Å². The van der Waals surface area contributed by atoms with Gasteiger partial charge >= 0.3 is 5.97 Å². The van der Waals surface area contributed by atoms with Crippen molar-refractivity contribution in [2.45, 2.75) is 31.7 Å². The fraction of sp³-hybridized carbons (Fsp3) is 0.417. The SMILES string of the molecule is NC(CCCCC(=O)O)c1c(Cl)cc(Cl)cc1Cl. The summed E-state index contributed by atoms with van der Waals surface area (Å²) in [6.45, 7) is 0. The Balaban J connectivity index is 2.61. The molecule has 100 valence electrons. The van der Waals surface area contributed by atoms with Crippen LogP contribution < -0.4 is 5.73 Å². The predicted molar refractivity (Wildman–Crippen MR) is 74.5 cm³/mol. The van der Waals surface area contributed by atoms with Crippen LogP contribution in [-0.4, -0.2) is 11.1 Å². The topological polar surface area (TPSA) is 63.3 Å². The van der Waals surface area contributed by atoms with Crippen molar-refractivity contribution in [2.24, 2.45) is 5.73 Å². The number of unbranched alkanes of at least 4 members (excludes halogenated alkanes) is 1. The van der Waals surface area contributed by atoms with Crippen molar-refractivity contribution < 1.29 is 9.90 Å². The van der Waals surface area contributed by atoms with Crippen LogP contribution in [-0.2, 0) is 4.79 Å². The van der Waals surface area contributed by atoms with Crippen LogP contribution in [0.15, 0.2) is 12.1 Å². The van der Waals surface area contributed by atoms with Gasteiger partial charge in [-0.15, -0.1) is 0 Å². The molecule has 3 N–H and O–H groups in total. The summed E-state index contributed by atoms with van der Waals surface area (Å²) in [6, 6.07) is 2.89. The number of carbonyl (C=O) groups is 1. The maximum atomic E-state index is 10.4. The molecule has 0 aliphatic heterocycles. The normalized spacial score (nSPS) is 12.4. The van der Waals surface area contributed by atoms with E-state index in [0.29, 0.717) is 39.9 Å². The highest BCUT2D eigenvalue weighted by Gasteiger charge is 2.15. The standard InChI is InChI=1S/C12H14Cl3NO2/c13-7-5-8(14)12(9(15)6-7)10(16)3-1-2-4-11(17)18/h5-6,10H,1-4,16H2,(H,17,18). The molecule has 1 aromatic rings. The van der Waals surface area contributed by atoms with E-state index in [2.05, 4.69) is 0 Å². The number of carboxylic acids is 1. The number of benzene rings is 1. The second-order valence-electron chi connectivity index (χ2n) is 4.03. The van der Waals surface area contributed by atoms with Crippen LogP contribution in [0.5, 0.6) is 0 Å². The largest absolute Gasteiger partial charge is 0.481 e. The Morgan fingerprint density at radius 1 is 1.22 bits per heavy atom. The Kier molecular flexibility index (Phi) is 6.22. The average molecular weight is 311 g/mol. The van der Waals surface area contributed by atoms with Crippen LogP contribution in [0.1, 0.15) is 37.3 Å². The number of halogens is 3. The lowest BCUT2D eigenvalue weighted by Crippen LogP contribution is -2.11. The average Bonchev–Trinajstić information content (AvgIpc) is 2.22. The van der Waals surface area contributed by atoms with Crippen molar-refractivity contribution in [3.63, 3.8) is 0 Å². The smallest absolute Gasteiger partial charge is 0.303 e. The first-order valence-electron chi connectivity index (χ1n) is 5.53. The van der Waals surface area contributed by atoms with E-state index in [1.807, 2.05) is 0 Å². The van der Waals surface area contributed by atoms with Gasteiger partial charge in [-0.3, -0.25) is 4.79 Å². The number of hydrogen-bond donors (Lipinski definition) is 2. The highest BCUT2D eigenvalue weighted by Crippen LogP contribution is 2.34. The third kappa shape index (κ3) is 4.65. The van der Waals surface area contributed by atoms with Gasteiger partial charge in [0.05, 0.1) is 0 Å². The van der Waals surface area contributed by atoms with E-state index >= 15 is 0 Å². The fourth-order valence-electron chi connectivity index (χ4n) is 1.69. The summed E-state index contributed by atoms with van der Waals surface area (Å²) in [5, 5.41) is 9.88. The molecule has 0 aliphatic carbocycles. The zero-order valence-corrected chi connectivity index (χ0v) is 11.9. The fourth-order valence-corrected chi connectivity index (χ4v) is 2.79. The summed E-state index contributed by atoms with van der Waals surface area (Å²) in [7, 11) is 0. The van der Waals surface area contributed by atoms with E-state index in [9.17, 15) is 4.79 Å². The van der Waals surface area contributed by atoms with Crippen LogP contribution in [0.4, 0.5) is 0 Å². The third-order valence-electron chi connectivity index (χ3n) is 2.57. The zero-order chi connectivity index (χ0) is 13.7. The molecule has 1 unspecified atom stereocenters. The predicted octanol–water partition coefficient (Wildman–Crippen LogP) is 4.29. The van der Waals surface area contributed by atoms with Gasteiger partial charge in [0.1, 0.15) is 0 Å². The first-order valence-corrected chi connectivity index (χ1v) is 6.67. The van der Waals surface area contributed by atoms with Gasteiger partial charge in [-0.1, -0.05) is 41.2 Å². The molecule has 0 bridgehead atoms. The summed E-state index contributed by atoms with van der Waals surface area (Å²) < 4.78 is 0. The molecule has 0 radical (unpaired) electrons. The second kappa shape index (κ2) is 7.19. The zero-order valence-electron chi connectivity index (χ0n) is 9.63. The van der Waals surface area contributed by atoms with Gasteiger partial charge in [0.2, 0.25) is 0 Å². The lowest BCUT2D eigenvalue weighted by Gasteiger charge is -2.15. The summed E-state index contributed by atoms with van der Waals surface area (Å²) >= 11 is 17.9. The van der Waals surface area contributed by atoms with Crippen molar-refractivity contribution in [3.8, 4) is 0 Å². The molecule has 0 saturated heterocycles. The second-order valence-corrected chi connectivity index (χ2v) is 5.28. The Bertz CT molecular complexity index is 414.